The van der Waals surface area contributed by atoms with Gasteiger partial charge in [0.1, 0.15) is 5.75 Å². The van der Waals surface area contributed by atoms with E-state index in [4.69, 9.17) is 4.74 Å². The highest BCUT2D eigenvalue weighted by molar-refractivity contribution is 7.99. The van der Waals surface area contributed by atoms with Gasteiger partial charge in [0.25, 0.3) is 5.91 Å². The molecule has 0 bridgehead atoms. The second-order valence-corrected chi connectivity index (χ2v) is 10.8. The highest BCUT2D eigenvalue weighted by atomic mass is 32.2. The summed E-state index contributed by atoms with van der Waals surface area (Å²) in [6, 6.07) is 27.1. The lowest BCUT2D eigenvalue weighted by Crippen LogP contribution is -2.55. The average molecular weight is 556 g/mol. The van der Waals surface area contributed by atoms with E-state index in [1.807, 2.05) is 106 Å². The van der Waals surface area contributed by atoms with Crippen molar-refractivity contribution in [1.29, 1.82) is 0 Å². The van der Waals surface area contributed by atoms with Gasteiger partial charge in [-0.15, -0.1) is 10.2 Å². The molecule has 40 heavy (non-hydrogen) atoms. The van der Waals surface area contributed by atoms with Crippen molar-refractivity contribution < 1.29 is 14.3 Å². The normalized spacial score (nSPS) is 15.2. The number of benzene rings is 3. The number of para-hydroxylation sites is 1. The molecular formula is C31H33N5O3S. The summed E-state index contributed by atoms with van der Waals surface area (Å²) >= 11 is 1.59. The largest absolute Gasteiger partial charge is 0.497 e. The third-order valence-electron chi connectivity index (χ3n) is 7.00. The Bertz CT molecular complexity index is 1440. The number of ether oxygens (including phenoxy) is 1. The molecule has 2 heterocycles. The Labute approximate surface area is 239 Å². The standard InChI is InChI=1S/C31H33N5O3S/c1-23-22-34(18-19-35(23)30(38)24-11-5-3-6-12-24)28(37)17-10-20-40-31-33-32-29(25-13-9-16-27(21-25)39-2)36(31)26-14-7-4-8-15-26/h3-9,11-16,21,23H,10,17-20,22H2,1-2H3. The van der Waals surface area contributed by atoms with Crippen molar-refractivity contribution in [1.82, 2.24) is 24.6 Å². The summed E-state index contributed by atoms with van der Waals surface area (Å²) in [5, 5.41) is 9.78. The Kier molecular flexibility index (Phi) is 8.81. The molecule has 1 fully saturated rings. The molecule has 1 saturated heterocycles. The summed E-state index contributed by atoms with van der Waals surface area (Å²) in [7, 11) is 1.65. The lowest BCUT2D eigenvalue weighted by atomic mass is 10.1. The third-order valence-corrected chi connectivity index (χ3v) is 8.02. The van der Waals surface area contributed by atoms with Crippen LogP contribution in [0.1, 0.15) is 30.1 Å². The number of hydrogen-bond acceptors (Lipinski definition) is 6. The van der Waals surface area contributed by atoms with Crippen molar-refractivity contribution in [3.05, 3.63) is 90.5 Å². The van der Waals surface area contributed by atoms with Crippen molar-refractivity contribution in [2.75, 3.05) is 32.5 Å². The SMILES string of the molecule is COc1cccc(-c2nnc(SCCCC(=O)N3CCN(C(=O)c4ccccc4)C(C)C3)n2-c2ccccc2)c1. The highest BCUT2D eigenvalue weighted by Gasteiger charge is 2.30. The minimum Gasteiger partial charge on any atom is -0.497 e. The van der Waals surface area contributed by atoms with Crippen LogP contribution >= 0.6 is 11.8 Å². The van der Waals surface area contributed by atoms with Gasteiger partial charge in [0.15, 0.2) is 11.0 Å². The first-order chi connectivity index (χ1) is 19.5. The maximum atomic E-state index is 13.0. The molecule has 2 amide bonds. The fourth-order valence-corrected chi connectivity index (χ4v) is 5.79. The van der Waals surface area contributed by atoms with E-state index in [-0.39, 0.29) is 17.9 Å². The van der Waals surface area contributed by atoms with Crippen molar-refractivity contribution in [2.24, 2.45) is 0 Å². The van der Waals surface area contributed by atoms with Crippen LogP contribution < -0.4 is 4.74 Å². The van der Waals surface area contributed by atoms with Crippen LogP contribution in [0.2, 0.25) is 0 Å². The number of methoxy groups -OCH3 is 1. The van der Waals surface area contributed by atoms with Gasteiger partial charge in [0.05, 0.1) is 7.11 Å². The Hall–Kier alpha value is -4.11. The van der Waals surface area contributed by atoms with Gasteiger partial charge < -0.3 is 14.5 Å². The molecule has 8 nitrogen and oxygen atoms in total. The topological polar surface area (TPSA) is 80.6 Å². The van der Waals surface area contributed by atoms with E-state index in [0.29, 0.717) is 31.6 Å². The van der Waals surface area contributed by atoms with E-state index in [1.165, 1.54) is 0 Å². The van der Waals surface area contributed by atoms with Gasteiger partial charge in [-0.1, -0.05) is 60.3 Å². The summed E-state index contributed by atoms with van der Waals surface area (Å²) in [4.78, 5) is 29.6. The van der Waals surface area contributed by atoms with Gasteiger partial charge in [-0.3, -0.25) is 14.2 Å². The molecule has 1 aliphatic heterocycles. The van der Waals surface area contributed by atoms with E-state index in [1.54, 1.807) is 18.9 Å². The quantitative estimate of drug-likeness (QED) is 0.209. The number of carbonyl (C=O) groups excluding carboxylic acids is 2. The Morgan fingerprint density at radius 2 is 1.70 bits per heavy atom. The molecule has 0 saturated carbocycles. The number of amides is 2. The molecule has 1 atom stereocenters. The van der Waals surface area contributed by atoms with Crippen molar-refractivity contribution in [3.63, 3.8) is 0 Å². The predicted octanol–water partition coefficient (Wildman–Crippen LogP) is 5.19. The Morgan fingerprint density at radius 1 is 0.950 bits per heavy atom. The first-order valence-corrected chi connectivity index (χ1v) is 14.5. The van der Waals surface area contributed by atoms with E-state index in [0.717, 1.165) is 40.2 Å². The summed E-state index contributed by atoms with van der Waals surface area (Å²) in [5.41, 5.74) is 2.57. The van der Waals surface area contributed by atoms with Crippen molar-refractivity contribution in [2.45, 2.75) is 31.0 Å². The molecule has 4 aromatic rings. The smallest absolute Gasteiger partial charge is 0.254 e. The van der Waals surface area contributed by atoms with Gasteiger partial charge in [-0.2, -0.15) is 0 Å². The van der Waals surface area contributed by atoms with Crippen LogP contribution in [0.3, 0.4) is 0 Å². The van der Waals surface area contributed by atoms with Crippen molar-refractivity contribution >= 4 is 23.6 Å². The number of piperazine rings is 1. The highest BCUT2D eigenvalue weighted by Crippen LogP contribution is 2.30. The molecule has 0 N–H and O–H groups in total. The van der Waals surface area contributed by atoms with Gasteiger partial charge >= 0.3 is 0 Å². The predicted molar refractivity (Wildman–Crippen MR) is 157 cm³/mol. The molecule has 9 heteroatoms. The first kappa shape index (κ1) is 27.5. The number of aromatic nitrogens is 3. The number of rotatable bonds is 9. The fourth-order valence-electron chi connectivity index (χ4n) is 4.90. The van der Waals surface area contributed by atoms with E-state index in [2.05, 4.69) is 10.2 Å². The monoisotopic (exact) mass is 555 g/mol. The summed E-state index contributed by atoms with van der Waals surface area (Å²) in [6.07, 6.45) is 1.17. The lowest BCUT2D eigenvalue weighted by Gasteiger charge is -2.40. The number of thioether (sulfide) groups is 1. The molecule has 0 radical (unpaired) electrons. The van der Waals surface area contributed by atoms with Gasteiger partial charge in [0, 0.05) is 54.7 Å². The maximum absolute atomic E-state index is 13.0. The van der Waals surface area contributed by atoms with E-state index < -0.39 is 0 Å². The lowest BCUT2D eigenvalue weighted by molar-refractivity contribution is -0.133. The second-order valence-electron chi connectivity index (χ2n) is 9.71. The second kappa shape index (κ2) is 12.8. The fraction of sp³-hybridized carbons (Fsp3) is 0.290. The van der Waals surface area contributed by atoms with Crippen LogP contribution in [-0.2, 0) is 4.79 Å². The number of nitrogens with zero attached hydrogens (tertiary/aromatic N) is 5. The summed E-state index contributed by atoms with van der Waals surface area (Å²) in [5.74, 6) is 2.37. The number of hydrogen-bond donors (Lipinski definition) is 0. The van der Waals surface area contributed by atoms with Gasteiger partial charge in [-0.25, -0.2) is 0 Å². The zero-order valence-corrected chi connectivity index (χ0v) is 23.6. The number of carbonyl (C=O) groups is 2. The molecule has 3 aromatic carbocycles. The van der Waals surface area contributed by atoms with E-state index >= 15 is 0 Å². The molecule has 1 aromatic heterocycles. The van der Waals surface area contributed by atoms with Crippen LogP contribution in [0.15, 0.2) is 90.1 Å². The van der Waals surface area contributed by atoms with Crippen LogP contribution in [0.4, 0.5) is 0 Å². The molecule has 0 spiro atoms. The zero-order chi connectivity index (χ0) is 27.9. The van der Waals surface area contributed by atoms with Gasteiger partial charge in [0.2, 0.25) is 5.91 Å². The summed E-state index contributed by atoms with van der Waals surface area (Å²) in [6.45, 7) is 3.66. The van der Waals surface area contributed by atoms with Gasteiger partial charge in [-0.05, 0) is 49.7 Å². The minimum atomic E-state index is -0.0285. The molecular weight excluding hydrogens is 522 g/mol. The Balaban J connectivity index is 1.18. The van der Waals surface area contributed by atoms with Crippen LogP contribution in [-0.4, -0.2) is 74.9 Å². The van der Waals surface area contributed by atoms with Crippen LogP contribution in [0.25, 0.3) is 17.1 Å². The maximum Gasteiger partial charge on any atom is 0.254 e. The molecule has 1 aliphatic rings. The van der Waals surface area contributed by atoms with Crippen molar-refractivity contribution in [3.8, 4) is 22.8 Å². The zero-order valence-electron chi connectivity index (χ0n) is 22.8. The first-order valence-electron chi connectivity index (χ1n) is 13.5. The molecule has 1 unspecified atom stereocenters. The van der Waals surface area contributed by atoms with Crippen LogP contribution in [0.5, 0.6) is 5.75 Å². The molecule has 5 rings (SSSR count). The summed E-state index contributed by atoms with van der Waals surface area (Å²) < 4.78 is 7.45. The molecule has 0 aliphatic carbocycles. The molecule has 206 valence electrons. The average Bonchev–Trinajstić information content (AvgIpc) is 3.43. The van der Waals surface area contributed by atoms with E-state index in [9.17, 15) is 9.59 Å². The minimum absolute atomic E-state index is 0.0208. The third kappa shape index (κ3) is 6.20. The Morgan fingerprint density at radius 3 is 2.42 bits per heavy atom. The van der Waals surface area contributed by atoms with Crippen LogP contribution in [0, 0.1) is 0 Å².